The van der Waals surface area contributed by atoms with E-state index in [0.29, 0.717) is 0 Å². The molecule has 0 fully saturated rings. The number of alkyl halides is 2. The molecule has 0 aliphatic rings. The molecule has 1 unspecified atom stereocenters. The lowest BCUT2D eigenvalue weighted by atomic mass is 9.85. The van der Waals surface area contributed by atoms with Gasteiger partial charge in [0, 0.05) is 12.0 Å². The second kappa shape index (κ2) is 5.13. The molecule has 1 rings (SSSR count). The Kier molecular flexibility index (Phi) is 4.26. The van der Waals surface area contributed by atoms with E-state index in [2.05, 4.69) is 0 Å². The highest BCUT2D eigenvalue weighted by Gasteiger charge is 2.33. The van der Waals surface area contributed by atoms with Crippen molar-refractivity contribution in [3.8, 4) is 0 Å². The summed E-state index contributed by atoms with van der Waals surface area (Å²) in [5.41, 5.74) is -0.339. The van der Waals surface area contributed by atoms with Crippen LogP contribution >= 0.6 is 0 Å². The largest absolute Gasteiger partial charge is 0.393 e. The number of halogens is 2. The zero-order valence-electron chi connectivity index (χ0n) is 10.6. The van der Waals surface area contributed by atoms with Crippen LogP contribution in [0.5, 0.6) is 0 Å². The molecule has 0 spiro atoms. The maximum absolute atomic E-state index is 13.8. The van der Waals surface area contributed by atoms with E-state index in [0.717, 1.165) is 0 Å². The van der Waals surface area contributed by atoms with Gasteiger partial charge in [-0.15, -0.1) is 0 Å². The first-order chi connectivity index (χ1) is 7.73. The molecular weight excluding hydrogens is 222 g/mol. The monoisotopic (exact) mass is 242 g/mol. The molecule has 96 valence electrons. The van der Waals surface area contributed by atoms with Gasteiger partial charge in [0.25, 0.3) is 5.92 Å². The van der Waals surface area contributed by atoms with Crippen molar-refractivity contribution in [1.82, 2.24) is 0 Å². The lowest BCUT2D eigenvalue weighted by molar-refractivity contribution is -0.0389. The van der Waals surface area contributed by atoms with Crippen LogP contribution in [0, 0.1) is 5.41 Å². The van der Waals surface area contributed by atoms with Gasteiger partial charge in [-0.3, -0.25) is 0 Å². The van der Waals surface area contributed by atoms with Crippen LogP contribution in [0.1, 0.15) is 39.2 Å². The van der Waals surface area contributed by atoms with Gasteiger partial charge in [-0.1, -0.05) is 51.1 Å². The van der Waals surface area contributed by atoms with Crippen molar-refractivity contribution in [2.45, 2.75) is 45.6 Å². The zero-order chi connectivity index (χ0) is 13.1. The molecule has 0 saturated heterocycles. The van der Waals surface area contributed by atoms with Gasteiger partial charge in [0.15, 0.2) is 0 Å². The molecule has 0 aliphatic heterocycles. The molecule has 0 aliphatic carbocycles. The van der Waals surface area contributed by atoms with Gasteiger partial charge < -0.3 is 5.11 Å². The van der Waals surface area contributed by atoms with Crippen molar-refractivity contribution in [1.29, 1.82) is 0 Å². The van der Waals surface area contributed by atoms with Crippen LogP contribution in [0.3, 0.4) is 0 Å². The molecular formula is C14H20F2O. The van der Waals surface area contributed by atoms with Gasteiger partial charge in [0.05, 0.1) is 6.10 Å². The van der Waals surface area contributed by atoms with Crippen LogP contribution < -0.4 is 0 Å². The first kappa shape index (κ1) is 14.1. The van der Waals surface area contributed by atoms with Crippen LogP contribution in [-0.2, 0) is 5.92 Å². The van der Waals surface area contributed by atoms with Gasteiger partial charge in [-0.25, -0.2) is 8.78 Å². The average molecular weight is 242 g/mol. The van der Waals surface area contributed by atoms with Crippen LogP contribution in [0.25, 0.3) is 0 Å². The van der Waals surface area contributed by atoms with Crippen LogP contribution in [0.2, 0.25) is 0 Å². The van der Waals surface area contributed by atoms with E-state index in [1.807, 2.05) is 20.8 Å². The molecule has 0 aromatic heterocycles. The molecule has 0 bridgehead atoms. The highest BCUT2D eigenvalue weighted by Crippen LogP contribution is 2.35. The molecule has 1 nitrogen and oxygen atoms in total. The minimum absolute atomic E-state index is 0.0149. The van der Waals surface area contributed by atoms with E-state index in [9.17, 15) is 13.9 Å². The lowest BCUT2D eigenvalue weighted by Crippen LogP contribution is -2.28. The third-order valence-electron chi connectivity index (χ3n) is 2.93. The van der Waals surface area contributed by atoms with Gasteiger partial charge in [0.1, 0.15) is 0 Å². The summed E-state index contributed by atoms with van der Waals surface area (Å²) in [6.07, 6.45) is -0.932. The molecule has 17 heavy (non-hydrogen) atoms. The molecule has 0 heterocycles. The number of aliphatic hydroxyl groups excluding tert-OH is 1. The third kappa shape index (κ3) is 4.08. The summed E-state index contributed by atoms with van der Waals surface area (Å²) in [5.74, 6) is -2.87. The molecule has 1 aromatic carbocycles. The summed E-state index contributed by atoms with van der Waals surface area (Å²) in [7, 11) is 0. The van der Waals surface area contributed by atoms with E-state index >= 15 is 0 Å². The maximum atomic E-state index is 13.8. The molecule has 1 atom stereocenters. The Morgan fingerprint density at radius 3 is 2.12 bits per heavy atom. The number of rotatable bonds is 4. The Balaban J connectivity index is 2.63. The summed E-state index contributed by atoms with van der Waals surface area (Å²) in [5, 5.41) is 9.76. The zero-order valence-corrected chi connectivity index (χ0v) is 10.6. The van der Waals surface area contributed by atoms with E-state index in [1.54, 1.807) is 18.2 Å². The molecule has 3 heteroatoms. The highest BCUT2D eigenvalue weighted by atomic mass is 19.3. The Morgan fingerprint density at radius 2 is 1.65 bits per heavy atom. The lowest BCUT2D eigenvalue weighted by Gasteiger charge is -2.27. The SMILES string of the molecule is CC(C)(C)C(O)CCC(F)(F)c1ccccc1. The van der Waals surface area contributed by atoms with Crippen molar-refractivity contribution >= 4 is 0 Å². The number of aliphatic hydroxyl groups is 1. The van der Waals surface area contributed by atoms with E-state index in [1.165, 1.54) is 12.1 Å². The van der Waals surface area contributed by atoms with Crippen molar-refractivity contribution in [2.75, 3.05) is 0 Å². The van der Waals surface area contributed by atoms with Gasteiger partial charge in [-0.2, -0.15) is 0 Å². The summed E-state index contributed by atoms with van der Waals surface area (Å²) in [6, 6.07) is 7.75. The second-order valence-electron chi connectivity index (χ2n) is 5.49. The summed E-state index contributed by atoms with van der Waals surface area (Å²) in [6.45, 7) is 5.54. The van der Waals surface area contributed by atoms with Crippen LogP contribution in [0.15, 0.2) is 30.3 Å². The molecule has 0 saturated carbocycles. The van der Waals surface area contributed by atoms with Gasteiger partial charge >= 0.3 is 0 Å². The first-order valence-electron chi connectivity index (χ1n) is 5.85. The number of benzene rings is 1. The van der Waals surface area contributed by atoms with E-state index < -0.39 is 12.0 Å². The van der Waals surface area contributed by atoms with Crippen molar-refractivity contribution in [3.05, 3.63) is 35.9 Å². The Bertz CT molecular complexity index is 341. The quantitative estimate of drug-likeness (QED) is 0.847. The van der Waals surface area contributed by atoms with E-state index in [-0.39, 0.29) is 23.8 Å². The summed E-state index contributed by atoms with van der Waals surface area (Å²) >= 11 is 0. The first-order valence-corrected chi connectivity index (χ1v) is 5.85. The van der Waals surface area contributed by atoms with Crippen molar-refractivity contribution in [2.24, 2.45) is 5.41 Å². The molecule has 0 amide bonds. The normalized spacial score (nSPS) is 14.7. The fourth-order valence-electron chi connectivity index (χ4n) is 1.58. The topological polar surface area (TPSA) is 20.2 Å². The molecule has 1 N–H and O–H groups in total. The van der Waals surface area contributed by atoms with Crippen LogP contribution in [-0.4, -0.2) is 11.2 Å². The predicted molar refractivity (Wildman–Crippen MR) is 65.0 cm³/mol. The fraction of sp³-hybridized carbons (Fsp3) is 0.571. The van der Waals surface area contributed by atoms with Crippen molar-refractivity contribution in [3.63, 3.8) is 0 Å². The summed E-state index contributed by atoms with van der Waals surface area (Å²) < 4.78 is 27.6. The minimum atomic E-state index is -2.87. The summed E-state index contributed by atoms with van der Waals surface area (Å²) in [4.78, 5) is 0. The van der Waals surface area contributed by atoms with Crippen molar-refractivity contribution < 1.29 is 13.9 Å². The van der Waals surface area contributed by atoms with E-state index in [4.69, 9.17) is 0 Å². The second-order valence-corrected chi connectivity index (χ2v) is 5.49. The highest BCUT2D eigenvalue weighted by molar-refractivity contribution is 5.19. The van der Waals surface area contributed by atoms with Gasteiger partial charge in [-0.05, 0) is 11.8 Å². The Hall–Kier alpha value is -0.960. The Morgan fingerprint density at radius 1 is 1.12 bits per heavy atom. The standard InChI is InChI=1S/C14H20F2O/c1-13(2,3)12(17)9-10-14(15,16)11-7-5-4-6-8-11/h4-8,12,17H,9-10H2,1-3H3. The molecule has 0 radical (unpaired) electrons. The minimum Gasteiger partial charge on any atom is -0.393 e. The number of hydrogen-bond donors (Lipinski definition) is 1. The Labute approximate surface area is 101 Å². The average Bonchev–Trinajstić information content (AvgIpc) is 2.26. The smallest absolute Gasteiger partial charge is 0.273 e. The van der Waals surface area contributed by atoms with Gasteiger partial charge in [0.2, 0.25) is 0 Å². The maximum Gasteiger partial charge on any atom is 0.273 e. The number of hydrogen-bond acceptors (Lipinski definition) is 1. The fourth-order valence-corrected chi connectivity index (χ4v) is 1.58. The third-order valence-corrected chi connectivity index (χ3v) is 2.93. The predicted octanol–water partition coefficient (Wildman–Crippen LogP) is 3.97. The molecule has 1 aromatic rings. The van der Waals surface area contributed by atoms with Crippen LogP contribution in [0.4, 0.5) is 8.78 Å².